The first kappa shape index (κ1) is 25.8. The molecule has 0 saturated carbocycles. The van der Waals surface area contributed by atoms with Gasteiger partial charge < -0.3 is 9.47 Å². The third-order valence-electron chi connectivity index (χ3n) is 5.49. The van der Waals surface area contributed by atoms with Crippen molar-refractivity contribution in [1.82, 2.24) is 0 Å². The Morgan fingerprint density at radius 3 is 2.06 bits per heavy atom. The fourth-order valence-corrected chi connectivity index (χ4v) is 3.50. The Morgan fingerprint density at radius 2 is 1.38 bits per heavy atom. The molecule has 0 amide bonds. The topological polar surface area (TPSA) is 35.5 Å². The summed E-state index contributed by atoms with van der Waals surface area (Å²) in [6, 6.07) is 9.31. The largest absolute Gasteiger partial charge is 0.494 e. The number of benzene rings is 2. The summed E-state index contributed by atoms with van der Waals surface area (Å²) in [7, 11) is 0. The van der Waals surface area contributed by atoms with Gasteiger partial charge in [0.2, 0.25) is 5.82 Å². The number of halogens is 2. The first-order chi connectivity index (χ1) is 15.6. The molecule has 0 fully saturated rings. The van der Waals surface area contributed by atoms with Gasteiger partial charge in [-0.3, -0.25) is 0 Å². The van der Waals surface area contributed by atoms with Crippen LogP contribution in [0.3, 0.4) is 0 Å². The molecule has 0 radical (unpaired) electrons. The smallest absolute Gasteiger partial charge is 0.343 e. The van der Waals surface area contributed by atoms with Crippen molar-refractivity contribution in [3.8, 4) is 11.5 Å². The van der Waals surface area contributed by atoms with Gasteiger partial charge in [-0.1, -0.05) is 71.3 Å². The van der Waals surface area contributed by atoms with Crippen LogP contribution in [0.25, 0.3) is 0 Å². The minimum Gasteiger partial charge on any atom is -0.494 e. The molecule has 2 aromatic rings. The van der Waals surface area contributed by atoms with Crippen molar-refractivity contribution in [3.05, 3.63) is 59.2 Å². The summed E-state index contributed by atoms with van der Waals surface area (Å²) in [4.78, 5) is 12.4. The fourth-order valence-electron chi connectivity index (χ4n) is 3.50. The van der Waals surface area contributed by atoms with E-state index < -0.39 is 23.4 Å². The summed E-state index contributed by atoms with van der Waals surface area (Å²) in [6.07, 6.45) is 11.5. The molecule has 5 heteroatoms. The highest BCUT2D eigenvalue weighted by molar-refractivity contribution is 5.91. The van der Waals surface area contributed by atoms with Crippen LogP contribution >= 0.6 is 0 Å². The van der Waals surface area contributed by atoms with E-state index in [-0.39, 0.29) is 5.56 Å². The molecule has 0 aliphatic rings. The summed E-state index contributed by atoms with van der Waals surface area (Å²) in [5.41, 5.74) is 0.561. The molecule has 0 aliphatic carbocycles. The van der Waals surface area contributed by atoms with Crippen LogP contribution in [0.1, 0.15) is 94.0 Å². The number of carbonyl (C=O) groups is 1. The molecule has 2 aromatic carbocycles. The van der Waals surface area contributed by atoms with Gasteiger partial charge in [0.05, 0.1) is 12.2 Å². The third kappa shape index (κ3) is 8.60. The van der Waals surface area contributed by atoms with Crippen molar-refractivity contribution < 1.29 is 23.0 Å². The van der Waals surface area contributed by atoms with Crippen molar-refractivity contribution >= 4 is 5.97 Å². The third-order valence-corrected chi connectivity index (χ3v) is 5.49. The molecule has 0 N–H and O–H groups in total. The van der Waals surface area contributed by atoms with Crippen molar-refractivity contribution in [1.29, 1.82) is 0 Å². The van der Waals surface area contributed by atoms with Gasteiger partial charge in [0.1, 0.15) is 5.75 Å². The molecular weight excluding hydrogens is 410 g/mol. The van der Waals surface area contributed by atoms with Crippen LogP contribution in [0.5, 0.6) is 11.5 Å². The molecule has 0 atom stereocenters. The molecule has 0 aromatic heterocycles. The maximum atomic E-state index is 14.4. The number of hydrogen-bond acceptors (Lipinski definition) is 3. The summed E-state index contributed by atoms with van der Waals surface area (Å²) in [5.74, 6) is -2.52. The van der Waals surface area contributed by atoms with Gasteiger partial charge in [-0.15, -0.1) is 0 Å². The lowest BCUT2D eigenvalue weighted by Crippen LogP contribution is -2.10. The van der Waals surface area contributed by atoms with E-state index in [2.05, 4.69) is 13.8 Å². The molecule has 3 nitrogen and oxygen atoms in total. The minimum atomic E-state index is -1.12. The van der Waals surface area contributed by atoms with Gasteiger partial charge in [0, 0.05) is 0 Å². The lowest BCUT2D eigenvalue weighted by atomic mass is 10.1. The van der Waals surface area contributed by atoms with Gasteiger partial charge in [0.25, 0.3) is 0 Å². The number of aryl methyl sites for hydroxylation is 1. The second-order valence-corrected chi connectivity index (χ2v) is 8.19. The van der Waals surface area contributed by atoms with Gasteiger partial charge >= 0.3 is 5.97 Å². The van der Waals surface area contributed by atoms with Crippen LogP contribution in [0.4, 0.5) is 8.78 Å². The van der Waals surface area contributed by atoms with Crippen molar-refractivity contribution in [3.63, 3.8) is 0 Å². The second kappa shape index (κ2) is 14.6. The zero-order valence-corrected chi connectivity index (χ0v) is 19.4. The van der Waals surface area contributed by atoms with Crippen LogP contribution in [0, 0.1) is 11.6 Å². The highest BCUT2D eigenvalue weighted by Gasteiger charge is 2.18. The number of carbonyl (C=O) groups excluding carboxylic acids is 1. The number of unbranched alkanes of at least 4 members (excludes halogenated alkanes) is 8. The lowest BCUT2D eigenvalue weighted by Gasteiger charge is -2.10. The van der Waals surface area contributed by atoms with Crippen LogP contribution in [0.15, 0.2) is 36.4 Å². The monoisotopic (exact) mass is 446 g/mol. The maximum absolute atomic E-state index is 14.4. The number of esters is 1. The number of rotatable bonds is 15. The zero-order valence-electron chi connectivity index (χ0n) is 19.4. The van der Waals surface area contributed by atoms with Crippen molar-refractivity contribution in [2.75, 3.05) is 6.61 Å². The molecule has 176 valence electrons. The van der Waals surface area contributed by atoms with E-state index in [1.807, 2.05) is 0 Å². The molecule has 32 heavy (non-hydrogen) atoms. The fraction of sp³-hybridized carbons (Fsp3) is 0.519. The molecule has 0 unspecified atom stereocenters. The van der Waals surface area contributed by atoms with Crippen molar-refractivity contribution in [2.45, 2.75) is 84.5 Å². The maximum Gasteiger partial charge on any atom is 0.343 e. The molecule has 0 saturated heterocycles. The molecule has 2 rings (SSSR count). The number of hydrogen-bond donors (Lipinski definition) is 0. The van der Waals surface area contributed by atoms with Gasteiger partial charge in [-0.25, -0.2) is 9.18 Å². The summed E-state index contributed by atoms with van der Waals surface area (Å²) < 4.78 is 39.5. The highest BCUT2D eigenvalue weighted by atomic mass is 19.2. The van der Waals surface area contributed by atoms with Gasteiger partial charge in [-0.05, 0) is 55.2 Å². The lowest BCUT2D eigenvalue weighted by molar-refractivity contribution is 0.0726. The summed E-state index contributed by atoms with van der Waals surface area (Å²) >= 11 is 0. The zero-order chi connectivity index (χ0) is 23.2. The quantitative estimate of drug-likeness (QED) is 0.158. The second-order valence-electron chi connectivity index (χ2n) is 8.19. The summed E-state index contributed by atoms with van der Waals surface area (Å²) in [5, 5.41) is 0. The van der Waals surface area contributed by atoms with Crippen LogP contribution in [-0.4, -0.2) is 12.6 Å². The first-order valence-corrected chi connectivity index (χ1v) is 12.0. The van der Waals surface area contributed by atoms with Crippen LogP contribution < -0.4 is 9.47 Å². The Kier molecular flexibility index (Phi) is 11.8. The van der Waals surface area contributed by atoms with Gasteiger partial charge in [-0.2, -0.15) is 4.39 Å². The SMILES string of the molecule is CCCCCCCCOc1ccc(C(=O)Oc2ccc(CCCCCC)c(F)c2F)cc1. The molecular formula is C27H36F2O3. The van der Waals surface area contributed by atoms with Crippen LogP contribution in [0.2, 0.25) is 0 Å². The predicted molar refractivity (Wildman–Crippen MR) is 124 cm³/mol. The molecule has 0 bridgehead atoms. The Hall–Kier alpha value is -2.43. The average molecular weight is 447 g/mol. The van der Waals surface area contributed by atoms with Gasteiger partial charge in [0.15, 0.2) is 11.6 Å². The molecule has 0 spiro atoms. The van der Waals surface area contributed by atoms with E-state index in [0.29, 0.717) is 24.3 Å². The van der Waals surface area contributed by atoms with E-state index >= 15 is 0 Å². The molecule has 0 heterocycles. The van der Waals surface area contributed by atoms with Crippen LogP contribution in [-0.2, 0) is 6.42 Å². The standard InChI is InChI=1S/C27H36F2O3/c1-3-5-7-9-10-12-20-31-23-17-14-22(15-18-23)27(30)32-24-19-16-21(25(28)26(24)29)13-11-8-6-4-2/h14-19H,3-13,20H2,1-2H3. The van der Waals surface area contributed by atoms with E-state index in [1.54, 1.807) is 24.3 Å². The Bertz CT molecular complexity index is 818. The average Bonchev–Trinajstić information content (AvgIpc) is 2.80. The van der Waals surface area contributed by atoms with Crippen molar-refractivity contribution in [2.24, 2.45) is 0 Å². The van der Waals surface area contributed by atoms with E-state index in [4.69, 9.17) is 9.47 Å². The predicted octanol–water partition coefficient (Wildman–Crippen LogP) is 8.05. The van der Waals surface area contributed by atoms with E-state index in [9.17, 15) is 13.6 Å². The Morgan fingerprint density at radius 1 is 0.750 bits per heavy atom. The first-order valence-electron chi connectivity index (χ1n) is 12.0. The minimum absolute atomic E-state index is 0.250. The molecule has 0 aliphatic heterocycles. The summed E-state index contributed by atoms with van der Waals surface area (Å²) in [6.45, 7) is 4.93. The highest BCUT2D eigenvalue weighted by Crippen LogP contribution is 2.25. The normalized spacial score (nSPS) is 10.9. The van der Waals surface area contributed by atoms with E-state index in [0.717, 1.165) is 38.5 Å². The van der Waals surface area contributed by atoms with E-state index in [1.165, 1.54) is 37.8 Å². The Labute approximate surface area is 191 Å². The Balaban J connectivity index is 1.83. The number of ether oxygens (including phenoxy) is 2.